The minimum Gasteiger partial charge on any atom is -0.311 e. The third-order valence-corrected chi connectivity index (χ3v) is 3.29. The van der Waals surface area contributed by atoms with Crippen LogP contribution in [-0.4, -0.2) is 40.1 Å². The van der Waals surface area contributed by atoms with Crippen molar-refractivity contribution in [2.75, 3.05) is 20.6 Å². The number of hydrogen-bond acceptors (Lipinski definition) is 3. The number of aromatic nitrogens is 3. The van der Waals surface area contributed by atoms with Gasteiger partial charge in [0.2, 0.25) is 0 Å². The zero-order valence-electron chi connectivity index (χ0n) is 12.0. The maximum absolute atomic E-state index is 6.24. The molecule has 1 atom stereocenters. The largest absolute Gasteiger partial charge is 0.311 e. The summed E-state index contributed by atoms with van der Waals surface area (Å²) in [7, 11) is 4.16. The lowest BCUT2D eigenvalue weighted by atomic mass is 10.3. The molecule has 2 rings (SSSR count). The van der Waals surface area contributed by atoms with Gasteiger partial charge in [0.15, 0.2) is 5.65 Å². The third-order valence-electron chi connectivity index (χ3n) is 3.09. The number of nitrogens with zero attached hydrogens (tertiary/aromatic N) is 4. The molecule has 19 heavy (non-hydrogen) atoms. The Morgan fingerprint density at radius 1 is 1.42 bits per heavy atom. The number of aryl methyl sites for hydroxylation is 2. The number of rotatable bonds is 5. The number of fused-ring (bicyclic) bond motifs is 1. The standard InChI is InChI=1S/C14H21ClN4/c1-10-8-12-14(16-9-10)19(7-5-6-18(3)4)13(17-12)11(2)15/h8-9,11H,5-7H2,1-4H3. The van der Waals surface area contributed by atoms with Crippen molar-refractivity contribution in [2.45, 2.75) is 32.2 Å². The van der Waals surface area contributed by atoms with Crippen LogP contribution in [-0.2, 0) is 6.54 Å². The number of alkyl halides is 1. The molecule has 0 saturated carbocycles. The third kappa shape index (κ3) is 3.25. The van der Waals surface area contributed by atoms with Gasteiger partial charge in [-0.05, 0) is 52.5 Å². The molecule has 0 amide bonds. The first-order valence-corrected chi connectivity index (χ1v) is 7.04. The fraction of sp³-hybridized carbons (Fsp3) is 0.571. The van der Waals surface area contributed by atoms with Crippen molar-refractivity contribution in [1.29, 1.82) is 0 Å². The van der Waals surface area contributed by atoms with E-state index >= 15 is 0 Å². The molecule has 0 saturated heterocycles. The molecule has 0 fully saturated rings. The van der Waals surface area contributed by atoms with E-state index in [2.05, 4.69) is 39.6 Å². The Labute approximate surface area is 119 Å². The van der Waals surface area contributed by atoms with Crippen molar-refractivity contribution in [2.24, 2.45) is 0 Å². The van der Waals surface area contributed by atoms with Crippen LogP contribution in [0.3, 0.4) is 0 Å². The summed E-state index contributed by atoms with van der Waals surface area (Å²) in [5.41, 5.74) is 3.00. The molecule has 4 nitrogen and oxygen atoms in total. The topological polar surface area (TPSA) is 34.0 Å². The van der Waals surface area contributed by atoms with Gasteiger partial charge in [0.25, 0.3) is 0 Å². The van der Waals surface area contributed by atoms with Gasteiger partial charge in [0, 0.05) is 12.7 Å². The molecule has 2 aromatic heterocycles. The first kappa shape index (κ1) is 14.3. The van der Waals surface area contributed by atoms with Crippen molar-refractivity contribution in [3.8, 4) is 0 Å². The van der Waals surface area contributed by atoms with Crippen LogP contribution in [0.25, 0.3) is 11.2 Å². The Bertz CT molecular complexity index is 560. The number of imidazole rings is 1. The predicted molar refractivity (Wildman–Crippen MR) is 79.7 cm³/mol. The summed E-state index contributed by atoms with van der Waals surface area (Å²) in [6.07, 6.45) is 2.94. The van der Waals surface area contributed by atoms with E-state index in [1.807, 2.05) is 20.0 Å². The van der Waals surface area contributed by atoms with Gasteiger partial charge in [-0.3, -0.25) is 0 Å². The van der Waals surface area contributed by atoms with Gasteiger partial charge in [-0.2, -0.15) is 0 Å². The summed E-state index contributed by atoms with van der Waals surface area (Å²) in [5.74, 6) is 0.911. The highest BCUT2D eigenvalue weighted by Gasteiger charge is 2.15. The molecular weight excluding hydrogens is 260 g/mol. The maximum atomic E-state index is 6.24. The number of pyridine rings is 1. The van der Waals surface area contributed by atoms with E-state index in [-0.39, 0.29) is 5.38 Å². The van der Waals surface area contributed by atoms with Gasteiger partial charge in [0.05, 0.1) is 5.38 Å². The summed E-state index contributed by atoms with van der Waals surface area (Å²) in [6.45, 7) is 5.93. The lowest BCUT2D eigenvalue weighted by molar-refractivity contribution is 0.386. The Kier molecular flexibility index (Phi) is 4.42. The molecule has 104 valence electrons. The van der Waals surface area contributed by atoms with Crippen molar-refractivity contribution in [3.63, 3.8) is 0 Å². The van der Waals surface area contributed by atoms with Gasteiger partial charge < -0.3 is 9.47 Å². The highest BCUT2D eigenvalue weighted by molar-refractivity contribution is 6.20. The first-order chi connectivity index (χ1) is 8.99. The lowest BCUT2D eigenvalue weighted by Crippen LogP contribution is -2.16. The predicted octanol–water partition coefficient (Wildman–Crippen LogP) is 2.99. The highest BCUT2D eigenvalue weighted by atomic mass is 35.5. The van der Waals surface area contributed by atoms with Crippen LogP contribution in [0.15, 0.2) is 12.3 Å². The molecular formula is C14H21ClN4. The molecule has 0 aliphatic carbocycles. The van der Waals surface area contributed by atoms with Crippen LogP contribution >= 0.6 is 11.6 Å². The molecule has 5 heteroatoms. The average molecular weight is 281 g/mol. The van der Waals surface area contributed by atoms with Crippen LogP contribution in [0.1, 0.15) is 30.1 Å². The van der Waals surface area contributed by atoms with Crippen molar-refractivity contribution >= 4 is 22.8 Å². The molecule has 2 aromatic rings. The second kappa shape index (κ2) is 5.88. The van der Waals surface area contributed by atoms with Gasteiger partial charge >= 0.3 is 0 Å². The Morgan fingerprint density at radius 3 is 2.79 bits per heavy atom. The van der Waals surface area contributed by atoms with Crippen LogP contribution in [0.5, 0.6) is 0 Å². The highest BCUT2D eigenvalue weighted by Crippen LogP contribution is 2.24. The first-order valence-electron chi connectivity index (χ1n) is 6.60. The minimum atomic E-state index is -0.103. The summed E-state index contributed by atoms with van der Waals surface area (Å²) >= 11 is 6.24. The number of halogens is 1. The lowest BCUT2D eigenvalue weighted by Gasteiger charge is -2.12. The summed E-state index contributed by atoms with van der Waals surface area (Å²) in [5, 5.41) is -0.103. The van der Waals surface area contributed by atoms with E-state index in [9.17, 15) is 0 Å². The molecule has 0 aliphatic rings. The van der Waals surface area contributed by atoms with Crippen molar-refractivity contribution < 1.29 is 0 Å². The van der Waals surface area contributed by atoms with E-state index in [0.29, 0.717) is 0 Å². The maximum Gasteiger partial charge on any atom is 0.160 e. The van der Waals surface area contributed by atoms with E-state index in [0.717, 1.165) is 42.1 Å². The normalized spacial score (nSPS) is 13.4. The van der Waals surface area contributed by atoms with E-state index in [1.54, 1.807) is 0 Å². The monoisotopic (exact) mass is 280 g/mol. The van der Waals surface area contributed by atoms with Crippen molar-refractivity contribution in [1.82, 2.24) is 19.4 Å². The Balaban J connectivity index is 2.35. The molecule has 0 spiro atoms. The minimum absolute atomic E-state index is 0.103. The zero-order valence-corrected chi connectivity index (χ0v) is 12.8. The summed E-state index contributed by atoms with van der Waals surface area (Å²) < 4.78 is 2.15. The van der Waals surface area contributed by atoms with Gasteiger partial charge in [-0.15, -0.1) is 11.6 Å². The zero-order chi connectivity index (χ0) is 14.0. The average Bonchev–Trinajstić information content (AvgIpc) is 2.67. The number of hydrogen-bond donors (Lipinski definition) is 0. The summed E-state index contributed by atoms with van der Waals surface area (Å²) in [4.78, 5) is 11.3. The fourth-order valence-corrected chi connectivity index (χ4v) is 2.36. The van der Waals surface area contributed by atoms with Crippen LogP contribution < -0.4 is 0 Å². The molecule has 1 unspecified atom stereocenters. The van der Waals surface area contributed by atoms with Gasteiger partial charge in [-0.1, -0.05) is 0 Å². The Morgan fingerprint density at radius 2 is 2.16 bits per heavy atom. The fourth-order valence-electron chi connectivity index (χ4n) is 2.20. The second-order valence-electron chi connectivity index (χ2n) is 5.25. The smallest absolute Gasteiger partial charge is 0.160 e. The SMILES string of the molecule is Cc1cnc2c(c1)nc(C(C)Cl)n2CCCN(C)C. The van der Waals surface area contributed by atoms with Crippen LogP contribution in [0.2, 0.25) is 0 Å². The van der Waals surface area contributed by atoms with E-state index < -0.39 is 0 Å². The Hall–Kier alpha value is -1.13. The second-order valence-corrected chi connectivity index (χ2v) is 5.90. The van der Waals surface area contributed by atoms with Crippen molar-refractivity contribution in [3.05, 3.63) is 23.7 Å². The molecule has 0 aromatic carbocycles. The van der Waals surface area contributed by atoms with Gasteiger partial charge in [-0.25, -0.2) is 9.97 Å². The molecule has 0 bridgehead atoms. The quantitative estimate of drug-likeness (QED) is 0.790. The molecule has 2 heterocycles. The molecule has 0 N–H and O–H groups in total. The van der Waals surface area contributed by atoms with Crippen LogP contribution in [0.4, 0.5) is 0 Å². The van der Waals surface area contributed by atoms with Crippen LogP contribution in [0, 0.1) is 6.92 Å². The van der Waals surface area contributed by atoms with E-state index in [1.165, 1.54) is 0 Å². The summed E-state index contributed by atoms with van der Waals surface area (Å²) in [6, 6.07) is 2.06. The van der Waals surface area contributed by atoms with E-state index in [4.69, 9.17) is 11.6 Å². The molecule has 0 radical (unpaired) electrons. The molecule has 0 aliphatic heterocycles. The van der Waals surface area contributed by atoms with Gasteiger partial charge in [0.1, 0.15) is 11.3 Å².